The van der Waals surface area contributed by atoms with Crippen molar-refractivity contribution in [2.45, 2.75) is 6.04 Å². The first-order valence-electron chi connectivity index (χ1n) is 6.22. The van der Waals surface area contributed by atoms with Gasteiger partial charge in [0.05, 0.1) is 0 Å². The van der Waals surface area contributed by atoms with Gasteiger partial charge in [-0.15, -0.1) is 17.5 Å². The summed E-state index contributed by atoms with van der Waals surface area (Å²) in [6, 6.07) is 2.40. The first-order chi connectivity index (χ1) is 9.76. The van der Waals surface area contributed by atoms with Gasteiger partial charge in [-0.1, -0.05) is 0 Å². The van der Waals surface area contributed by atoms with Gasteiger partial charge in [-0.25, -0.2) is 9.97 Å². The Kier molecular flexibility index (Phi) is 3.64. The van der Waals surface area contributed by atoms with E-state index >= 15 is 0 Å². The Bertz CT molecular complexity index is 799. The number of pyridine rings is 1. The molecule has 0 bridgehead atoms. The number of tetrazole rings is 1. The van der Waals surface area contributed by atoms with E-state index in [4.69, 9.17) is 0 Å². The van der Waals surface area contributed by atoms with Gasteiger partial charge in [0.2, 0.25) is 5.65 Å². The Morgan fingerprint density at radius 2 is 2.19 bits per heavy atom. The first-order valence-corrected chi connectivity index (χ1v) is 7.01. The first kappa shape index (κ1) is 14.4. The zero-order valence-corrected chi connectivity index (χ0v) is 13.5. The van der Waals surface area contributed by atoms with E-state index in [2.05, 4.69) is 51.6 Å². The predicted octanol–water partition coefficient (Wildman–Crippen LogP) is 0.660. The van der Waals surface area contributed by atoms with Crippen LogP contribution in [0, 0.1) is 0 Å². The maximum atomic E-state index is 4.61. The lowest BCUT2D eigenvalue weighted by atomic mass is 10.1. The van der Waals surface area contributed by atoms with E-state index in [0.717, 1.165) is 28.9 Å². The van der Waals surface area contributed by atoms with Crippen molar-refractivity contribution >= 4 is 51.0 Å². The number of nitrogens with zero attached hydrogens (tertiary/aromatic N) is 7. The van der Waals surface area contributed by atoms with Crippen molar-refractivity contribution in [3.8, 4) is 0 Å². The highest BCUT2D eigenvalue weighted by Crippen LogP contribution is 2.26. The molecule has 0 radical (unpaired) electrons. The molecular weight excluding hydrogens is 360 g/mol. The molecule has 0 aliphatic carbocycles. The zero-order valence-electron chi connectivity index (χ0n) is 11.1. The van der Waals surface area contributed by atoms with Gasteiger partial charge in [-0.2, -0.15) is 4.52 Å². The largest absolute Gasteiger partial charge is 0.350 e. The van der Waals surface area contributed by atoms with E-state index in [9.17, 15) is 0 Å². The van der Waals surface area contributed by atoms with Crippen LogP contribution in [0.2, 0.25) is 0 Å². The van der Waals surface area contributed by atoms with E-state index in [1.807, 2.05) is 13.1 Å². The number of anilines is 1. The third-order valence-electron chi connectivity index (χ3n) is 3.51. The van der Waals surface area contributed by atoms with Crippen LogP contribution in [0.15, 0.2) is 16.7 Å². The number of aromatic nitrogens is 6. The van der Waals surface area contributed by atoms with Crippen LogP contribution in [-0.4, -0.2) is 56.2 Å². The molecule has 4 rings (SSSR count). The van der Waals surface area contributed by atoms with Crippen LogP contribution >= 0.6 is 28.3 Å². The van der Waals surface area contributed by atoms with Crippen LogP contribution in [0.1, 0.15) is 0 Å². The summed E-state index contributed by atoms with van der Waals surface area (Å²) in [6.45, 7) is 1.79. The average molecular weight is 372 g/mol. The Hall–Kier alpha value is -1.58. The SMILES string of the molecule is CNC1CN(c2nc3ncc(Br)cc3n3nnnc23)C1.Cl. The smallest absolute Gasteiger partial charge is 0.222 e. The second-order valence-corrected chi connectivity index (χ2v) is 5.65. The number of hydrogen-bond acceptors (Lipinski definition) is 7. The number of likely N-dealkylation sites (N-methyl/N-ethyl adjacent to an activating group) is 1. The number of halogens is 2. The highest BCUT2D eigenvalue weighted by atomic mass is 79.9. The molecule has 4 heterocycles. The molecule has 0 atom stereocenters. The van der Waals surface area contributed by atoms with E-state index < -0.39 is 0 Å². The molecule has 0 aromatic carbocycles. The molecule has 1 N–H and O–H groups in total. The molecule has 3 aromatic heterocycles. The molecule has 1 aliphatic rings. The number of hydrogen-bond donors (Lipinski definition) is 1. The number of nitrogens with one attached hydrogen (secondary N) is 1. The molecule has 0 amide bonds. The Morgan fingerprint density at radius 1 is 1.38 bits per heavy atom. The van der Waals surface area contributed by atoms with Crippen LogP contribution in [0.5, 0.6) is 0 Å². The summed E-state index contributed by atoms with van der Waals surface area (Å²) in [5.41, 5.74) is 2.08. The van der Waals surface area contributed by atoms with Gasteiger partial charge in [0.25, 0.3) is 0 Å². The van der Waals surface area contributed by atoms with Gasteiger partial charge in [0, 0.05) is 29.8 Å². The highest BCUT2D eigenvalue weighted by Gasteiger charge is 2.29. The van der Waals surface area contributed by atoms with E-state index in [1.165, 1.54) is 0 Å². The second-order valence-electron chi connectivity index (χ2n) is 4.74. The fourth-order valence-electron chi connectivity index (χ4n) is 2.35. The molecule has 0 unspecified atom stereocenters. The zero-order chi connectivity index (χ0) is 13.7. The minimum Gasteiger partial charge on any atom is -0.350 e. The molecule has 1 saturated heterocycles. The Labute approximate surface area is 134 Å². The lowest BCUT2D eigenvalue weighted by molar-refractivity contribution is 0.448. The lowest BCUT2D eigenvalue weighted by Gasteiger charge is -2.39. The Morgan fingerprint density at radius 3 is 2.95 bits per heavy atom. The maximum Gasteiger partial charge on any atom is 0.222 e. The summed E-state index contributed by atoms with van der Waals surface area (Å²) < 4.78 is 2.55. The van der Waals surface area contributed by atoms with Crippen molar-refractivity contribution in [1.29, 1.82) is 0 Å². The molecule has 0 spiro atoms. The highest BCUT2D eigenvalue weighted by molar-refractivity contribution is 9.10. The van der Waals surface area contributed by atoms with Crippen molar-refractivity contribution in [2.24, 2.45) is 0 Å². The van der Waals surface area contributed by atoms with Crippen LogP contribution in [0.25, 0.3) is 16.8 Å². The van der Waals surface area contributed by atoms with Crippen LogP contribution in [0.4, 0.5) is 5.82 Å². The van der Waals surface area contributed by atoms with E-state index in [0.29, 0.717) is 17.3 Å². The topological polar surface area (TPSA) is 84.1 Å². The van der Waals surface area contributed by atoms with Gasteiger partial charge < -0.3 is 10.2 Å². The molecular formula is C11H12BrClN8. The third-order valence-corrected chi connectivity index (χ3v) is 3.95. The van der Waals surface area contributed by atoms with E-state index in [1.54, 1.807) is 10.7 Å². The molecule has 110 valence electrons. The van der Waals surface area contributed by atoms with Crippen LogP contribution in [0.3, 0.4) is 0 Å². The summed E-state index contributed by atoms with van der Waals surface area (Å²) in [6.07, 6.45) is 1.72. The molecule has 1 aliphatic heterocycles. The van der Waals surface area contributed by atoms with Gasteiger partial charge in [-0.05, 0) is 39.5 Å². The summed E-state index contributed by atoms with van der Waals surface area (Å²) in [4.78, 5) is 11.1. The molecule has 8 nitrogen and oxygen atoms in total. The molecule has 0 saturated carbocycles. The number of rotatable bonds is 2. The summed E-state index contributed by atoms with van der Waals surface area (Å²) in [5, 5.41) is 15.1. The maximum absolute atomic E-state index is 4.61. The fraction of sp³-hybridized carbons (Fsp3) is 0.364. The standard InChI is InChI=1S/C11H11BrN8.ClH/c1-13-7-4-19(5-7)10-11-16-17-18-20(11)8-2-6(12)3-14-9(8)15-10;/h2-3,7,13H,4-5H2,1H3;1H. The molecule has 21 heavy (non-hydrogen) atoms. The van der Waals surface area contributed by atoms with Gasteiger partial charge >= 0.3 is 0 Å². The van der Waals surface area contributed by atoms with Crippen molar-refractivity contribution in [1.82, 2.24) is 35.3 Å². The molecule has 3 aromatic rings. The van der Waals surface area contributed by atoms with E-state index in [-0.39, 0.29) is 12.4 Å². The quantitative estimate of drug-likeness (QED) is 0.708. The minimum absolute atomic E-state index is 0. The molecule has 10 heteroatoms. The lowest BCUT2D eigenvalue weighted by Crippen LogP contribution is -2.57. The second kappa shape index (κ2) is 5.32. The van der Waals surface area contributed by atoms with Crippen molar-refractivity contribution in [3.05, 3.63) is 16.7 Å². The fourth-order valence-corrected chi connectivity index (χ4v) is 2.67. The van der Waals surface area contributed by atoms with Crippen molar-refractivity contribution in [2.75, 3.05) is 25.0 Å². The van der Waals surface area contributed by atoms with Crippen molar-refractivity contribution < 1.29 is 0 Å². The van der Waals surface area contributed by atoms with Crippen LogP contribution < -0.4 is 10.2 Å². The summed E-state index contributed by atoms with van der Waals surface area (Å²) >= 11 is 3.41. The summed E-state index contributed by atoms with van der Waals surface area (Å²) in [7, 11) is 1.96. The van der Waals surface area contributed by atoms with Gasteiger partial charge in [-0.3, -0.25) is 0 Å². The molecule has 1 fully saturated rings. The minimum atomic E-state index is 0. The normalized spacial score (nSPS) is 15.2. The third kappa shape index (κ3) is 2.21. The monoisotopic (exact) mass is 370 g/mol. The van der Waals surface area contributed by atoms with Gasteiger partial charge in [0.1, 0.15) is 5.52 Å². The van der Waals surface area contributed by atoms with Crippen LogP contribution in [-0.2, 0) is 0 Å². The predicted molar refractivity (Wildman–Crippen MR) is 83.9 cm³/mol. The Balaban J connectivity index is 0.00000132. The van der Waals surface area contributed by atoms with Crippen molar-refractivity contribution in [3.63, 3.8) is 0 Å². The summed E-state index contributed by atoms with van der Waals surface area (Å²) in [5.74, 6) is 0.781. The number of fused-ring (bicyclic) bond motifs is 3. The van der Waals surface area contributed by atoms with Gasteiger partial charge in [0.15, 0.2) is 11.5 Å². The average Bonchev–Trinajstić information content (AvgIpc) is 2.87.